The predicted molar refractivity (Wildman–Crippen MR) is 239 cm³/mol. The van der Waals surface area contributed by atoms with Gasteiger partial charge in [-0.15, -0.1) is 0 Å². The Balaban J connectivity index is 0.00000595. The Labute approximate surface area is 385 Å². The number of anilines is 8. The molecule has 1 aliphatic carbocycles. The molecule has 20 nitrogen and oxygen atoms in total. The summed E-state index contributed by atoms with van der Waals surface area (Å²) < 4.78 is 82.8. The summed E-state index contributed by atoms with van der Waals surface area (Å²) in [6.07, 6.45) is 5.20. The van der Waals surface area contributed by atoms with Crippen LogP contribution in [0.3, 0.4) is 0 Å². The molecule has 323 valence electrons. The second kappa shape index (κ2) is 19.9. The van der Waals surface area contributed by atoms with Gasteiger partial charge in [0.05, 0.1) is 31.3 Å². The van der Waals surface area contributed by atoms with E-state index in [4.69, 9.17) is 39.4 Å². The number of morpholine rings is 2. The van der Waals surface area contributed by atoms with Crippen molar-refractivity contribution in [1.29, 1.82) is 0 Å². The molecule has 0 unspecified atom stereocenters. The Hall–Kier alpha value is -5.56. The molecule has 0 atom stereocenters. The Bertz CT molecular complexity index is 2610. The summed E-state index contributed by atoms with van der Waals surface area (Å²) in [6.45, 7) is 3.77. The molecule has 1 radical (unpaired) electrons. The van der Waals surface area contributed by atoms with Crippen LogP contribution in [0.15, 0.2) is 119 Å². The van der Waals surface area contributed by atoms with Crippen LogP contribution in [0, 0.1) is 0 Å². The number of rotatable bonds is 14. The van der Waals surface area contributed by atoms with Crippen molar-refractivity contribution in [3.05, 3.63) is 119 Å². The van der Waals surface area contributed by atoms with E-state index in [-0.39, 0.29) is 69.4 Å². The minimum absolute atomic E-state index is 0. The SMILES string of the molecule is O=S(=O)(O)C1=C(C=Cc2ccccc2S(=O)(=O)O)C=CC(Nc2nc(Nc3ccccc3)nc(N3CCOCC3)n2)(Nc2nc(Nc3ccccc3)nc(N3CCOCC3)n2)C1.[Na]. The molecule has 0 spiro atoms. The quantitative estimate of drug-likeness (QED) is 0.0520. The molecule has 2 fully saturated rings. The van der Waals surface area contributed by atoms with E-state index in [1.54, 1.807) is 12.1 Å². The smallest absolute Gasteiger partial charge is 0.295 e. The van der Waals surface area contributed by atoms with Gasteiger partial charge in [-0.3, -0.25) is 9.11 Å². The molecule has 63 heavy (non-hydrogen) atoms. The first kappa shape index (κ1) is 45.5. The Morgan fingerprint density at radius 2 is 1.05 bits per heavy atom. The van der Waals surface area contributed by atoms with Gasteiger partial charge in [0.1, 0.15) is 10.6 Å². The van der Waals surface area contributed by atoms with Gasteiger partial charge in [0.25, 0.3) is 20.2 Å². The van der Waals surface area contributed by atoms with Gasteiger partial charge in [0, 0.05) is 73.5 Å². The number of hydrogen-bond acceptors (Lipinski definition) is 18. The molecular weight excluding hydrogens is 864 g/mol. The number of nitrogens with one attached hydrogen (secondary N) is 4. The average molecular weight is 906 g/mol. The summed E-state index contributed by atoms with van der Waals surface area (Å²) in [6, 6.07) is 24.2. The minimum atomic E-state index is -4.97. The van der Waals surface area contributed by atoms with Crippen molar-refractivity contribution >= 4 is 103 Å². The maximum absolute atomic E-state index is 13.4. The van der Waals surface area contributed by atoms with Crippen molar-refractivity contribution in [1.82, 2.24) is 29.9 Å². The van der Waals surface area contributed by atoms with E-state index in [1.165, 1.54) is 36.4 Å². The van der Waals surface area contributed by atoms with Crippen LogP contribution < -0.4 is 31.1 Å². The van der Waals surface area contributed by atoms with Crippen LogP contribution in [0.25, 0.3) is 6.08 Å². The average Bonchev–Trinajstić information content (AvgIpc) is 3.26. The first-order valence-electron chi connectivity index (χ1n) is 19.4. The predicted octanol–water partition coefficient (Wildman–Crippen LogP) is 4.12. The zero-order chi connectivity index (χ0) is 43.2. The third kappa shape index (κ3) is 11.7. The molecule has 2 saturated heterocycles. The molecule has 3 aliphatic rings. The van der Waals surface area contributed by atoms with Crippen LogP contribution >= 0.6 is 0 Å². The fraction of sp³-hybridized carbons (Fsp3) is 0.250. The topological polar surface area (TPSA) is 259 Å². The summed E-state index contributed by atoms with van der Waals surface area (Å²) in [5.41, 5.74) is -0.186. The molecule has 0 amide bonds. The summed E-state index contributed by atoms with van der Waals surface area (Å²) in [4.78, 5) is 31.3. The largest absolute Gasteiger partial charge is 0.378 e. The molecule has 5 aromatic rings. The van der Waals surface area contributed by atoms with Crippen LogP contribution in [0.2, 0.25) is 0 Å². The van der Waals surface area contributed by atoms with Gasteiger partial charge in [-0.1, -0.05) is 72.8 Å². The van der Waals surface area contributed by atoms with Gasteiger partial charge >= 0.3 is 0 Å². The zero-order valence-corrected chi connectivity index (χ0v) is 37.6. The molecule has 3 aromatic carbocycles. The van der Waals surface area contributed by atoms with Gasteiger partial charge in [-0.25, -0.2) is 0 Å². The number of hydrogen-bond donors (Lipinski definition) is 6. The molecule has 0 saturated carbocycles. The second-order valence-corrected chi connectivity index (χ2v) is 17.0. The maximum Gasteiger partial charge on any atom is 0.295 e. The molecule has 4 heterocycles. The number of benzene rings is 3. The van der Waals surface area contributed by atoms with Gasteiger partial charge < -0.3 is 40.5 Å². The van der Waals surface area contributed by atoms with Crippen LogP contribution in [-0.4, -0.2) is 144 Å². The molecule has 2 aliphatic heterocycles. The third-order valence-corrected chi connectivity index (χ3v) is 11.8. The summed E-state index contributed by atoms with van der Waals surface area (Å²) in [5.74, 6) is 1.02. The van der Waals surface area contributed by atoms with E-state index in [1.807, 2.05) is 70.5 Å². The standard InChI is InChI=1S/C40H42N12O8S2.Na/c53-61(54,55)32-14-8-7-9-28(32)15-16-29-17-18-40(27-33(29)62(56,57)58,49-36-43-34(41-30-10-3-1-4-11-30)45-38(47-36)51-19-23-59-24-20-51)50-37-44-35(42-31-12-5-2-6-13-31)46-39(48-37)52-21-25-60-26-22-52;/h1-18H,19-27H2,(H,53,54,55)(H,56,57,58)(H2,41,43,45,47,49)(H2,42,44,46,48,50);. The van der Waals surface area contributed by atoms with Crippen LogP contribution in [0.5, 0.6) is 0 Å². The van der Waals surface area contributed by atoms with Crippen molar-refractivity contribution in [2.75, 3.05) is 83.7 Å². The van der Waals surface area contributed by atoms with Crippen molar-refractivity contribution in [3.8, 4) is 0 Å². The van der Waals surface area contributed by atoms with Gasteiger partial charge in [0.2, 0.25) is 35.7 Å². The summed E-state index contributed by atoms with van der Waals surface area (Å²) >= 11 is 0. The van der Waals surface area contributed by atoms with E-state index in [9.17, 15) is 25.9 Å². The monoisotopic (exact) mass is 905 g/mol. The van der Waals surface area contributed by atoms with Crippen LogP contribution in [0.1, 0.15) is 12.0 Å². The van der Waals surface area contributed by atoms with Crippen molar-refractivity contribution in [3.63, 3.8) is 0 Å². The Morgan fingerprint density at radius 3 is 1.52 bits per heavy atom. The number of para-hydroxylation sites is 2. The van der Waals surface area contributed by atoms with Crippen LogP contribution in [0.4, 0.5) is 47.1 Å². The Kier molecular flexibility index (Phi) is 14.3. The Morgan fingerprint density at radius 1 is 0.587 bits per heavy atom. The van der Waals surface area contributed by atoms with Crippen molar-refractivity contribution in [2.24, 2.45) is 0 Å². The number of ether oxygens (including phenoxy) is 2. The fourth-order valence-electron chi connectivity index (χ4n) is 6.83. The van der Waals surface area contributed by atoms with Gasteiger partial charge in [-0.05, 0) is 47.5 Å². The molecular formula is C40H42N12NaO8S2. The normalized spacial score (nSPS) is 16.7. The maximum atomic E-state index is 13.4. The molecule has 8 rings (SSSR count). The number of aromatic nitrogens is 6. The molecule has 0 bridgehead atoms. The van der Waals surface area contributed by atoms with Gasteiger partial charge in [0.15, 0.2) is 0 Å². The number of allylic oxidation sites excluding steroid dienone is 3. The number of nitrogens with zero attached hydrogens (tertiary/aromatic N) is 8. The minimum Gasteiger partial charge on any atom is -0.378 e. The summed E-state index contributed by atoms with van der Waals surface area (Å²) in [5, 5.41) is 13.0. The molecule has 6 N–H and O–H groups in total. The van der Waals surface area contributed by atoms with E-state index >= 15 is 0 Å². The first-order valence-corrected chi connectivity index (χ1v) is 22.3. The van der Waals surface area contributed by atoms with E-state index in [0.29, 0.717) is 75.9 Å². The fourth-order valence-corrected chi connectivity index (χ4v) is 8.35. The van der Waals surface area contributed by atoms with E-state index in [0.717, 1.165) is 0 Å². The second-order valence-electron chi connectivity index (χ2n) is 14.2. The first-order chi connectivity index (χ1) is 29.9. The molecule has 23 heteroatoms. The van der Waals surface area contributed by atoms with E-state index < -0.39 is 37.2 Å². The molecule has 2 aromatic heterocycles. The third-order valence-electron chi connectivity index (χ3n) is 9.82. The van der Waals surface area contributed by atoms with Crippen molar-refractivity contribution in [2.45, 2.75) is 17.0 Å². The van der Waals surface area contributed by atoms with Crippen LogP contribution in [-0.2, 0) is 29.7 Å². The van der Waals surface area contributed by atoms with E-state index in [2.05, 4.69) is 21.3 Å². The van der Waals surface area contributed by atoms with Gasteiger partial charge in [-0.2, -0.15) is 46.7 Å². The zero-order valence-electron chi connectivity index (χ0n) is 34.0. The van der Waals surface area contributed by atoms with Crippen molar-refractivity contribution < 1.29 is 35.4 Å². The summed E-state index contributed by atoms with van der Waals surface area (Å²) in [7, 11) is -9.60.